The molecule has 2 aliphatic rings. The lowest BCUT2D eigenvalue weighted by Gasteiger charge is -2.38. The highest BCUT2D eigenvalue weighted by Gasteiger charge is 2.49. The van der Waals surface area contributed by atoms with Crippen LogP contribution in [0.4, 0.5) is 4.39 Å². The van der Waals surface area contributed by atoms with Crippen LogP contribution in [0, 0.1) is 11.7 Å². The van der Waals surface area contributed by atoms with Crippen molar-refractivity contribution in [3.8, 4) is 0 Å². The molecule has 6 rings (SSSR count). The van der Waals surface area contributed by atoms with Crippen LogP contribution in [0.2, 0.25) is 0 Å². The molecule has 0 bridgehead atoms. The zero-order valence-electron chi connectivity index (χ0n) is 22.4. The maximum atomic E-state index is 14.0. The van der Waals surface area contributed by atoms with E-state index in [-0.39, 0.29) is 36.0 Å². The molecule has 2 aliphatic heterocycles. The van der Waals surface area contributed by atoms with Crippen LogP contribution in [0.3, 0.4) is 0 Å². The highest BCUT2D eigenvalue weighted by molar-refractivity contribution is 6.04. The summed E-state index contributed by atoms with van der Waals surface area (Å²) in [5.41, 5.74) is 5.12. The summed E-state index contributed by atoms with van der Waals surface area (Å²) in [4.78, 5) is 46.2. The van der Waals surface area contributed by atoms with Crippen molar-refractivity contribution in [2.24, 2.45) is 5.92 Å². The third-order valence-corrected chi connectivity index (χ3v) is 8.33. The minimum absolute atomic E-state index is 0.147. The SMILES string of the molecule is CC[C@H](C)[C@H](NC(=O)[C@@H]1Cc2c([nH]c3ccccc23)[C@H]2c3ccccc3C(=O)N21)C(=O)NCc1ccc(F)cc1. The fraction of sp³-hybridized carbons (Fsp3) is 0.281. The van der Waals surface area contributed by atoms with Crippen molar-refractivity contribution in [2.45, 2.75) is 51.4 Å². The van der Waals surface area contributed by atoms with E-state index in [4.69, 9.17) is 0 Å². The molecule has 0 saturated carbocycles. The monoisotopic (exact) mass is 538 g/mol. The van der Waals surface area contributed by atoms with Gasteiger partial charge in [0, 0.05) is 35.1 Å². The first-order chi connectivity index (χ1) is 19.4. The predicted octanol–water partition coefficient (Wildman–Crippen LogP) is 4.62. The molecular weight excluding hydrogens is 507 g/mol. The van der Waals surface area contributed by atoms with Gasteiger partial charge in [-0.3, -0.25) is 14.4 Å². The molecular formula is C32H31FN4O3. The van der Waals surface area contributed by atoms with E-state index in [1.165, 1.54) is 12.1 Å². The smallest absolute Gasteiger partial charge is 0.255 e. The molecule has 4 atom stereocenters. The number of H-pyrrole nitrogens is 1. The van der Waals surface area contributed by atoms with Crippen LogP contribution in [0.1, 0.15) is 59.1 Å². The molecule has 3 heterocycles. The van der Waals surface area contributed by atoms with Gasteiger partial charge in [-0.2, -0.15) is 0 Å². The number of benzene rings is 3. The number of nitrogens with zero attached hydrogens (tertiary/aromatic N) is 1. The molecule has 3 aromatic carbocycles. The Labute approximate surface area is 231 Å². The second-order valence-electron chi connectivity index (χ2n) is 10.7. The Morgan fingerprint density at radius 1 is 1.05 bits per heavy atom. The lowest BCUT2D eigenvalue weighted by atomic mass is 9.89. The van der Waals surface area contributed by atoms with E-state index in [1.807, 2.05) is 56.3 Å². The number of aromatic amines is 1. The summed E-state index contributed by atoms with van der Waals surface area (Å²) < 4.78 is 13.3. The molecule has 7 nitrogen and oxygen atoms in total. The molecule has 3 amide bonds. The van der Waals surface area contributed by atoms with Crippen LogP contribution in [0.15, 0.2) is 72.8 Å². The normalized spacial score (nSPS) is 19.0. The molecule has 8 heteroatoms. The van der Waals surface area contributed by atoms with Gasteiger partial charge in [0.1, 0.15) is 17.9 Å². The quantitative estimate of drug-likeness (QED) is 0.320. The first-order valence-corrected chi connectivity index (χ1v) is 13.7. The molecule has 0 spiro atoms. The number of nitrogens with one attached hydrogen (secondary N) is 3. The van der Waals surface area contributed by atoms with E-state index >= 15 is 0 Å². The van der Waals surface area contributed by atoms with Gasteiger partial charge in [-0.05, 0) is 46.9 Å². The van der Waals surface area contributed by atoms with Gasteiger partial charge in [0.05, 0.1) is 6.04 Å². The topological polar surface area (TPSA) is 94.3 Å². The van der Waals surface area contributed by atoms with Gasteiger partial charge in [-0.15, -0.1) is 0 Å². The van der Waals surface area contributed by atoms with E-state index in [1.54, 1.807) is 23.1 Å². The Kier molecular flexibility index (Phi) is 6.62. The Morgan fingerprint density at radius 2 is 1.77 bits per heavy atom. The van der Waals surface area contributed by atoms with Gasteiger partial charge in [0.2, 0.25) is 11.8 Å². The first kappa shape index (κ1) is 25.8. The number of fused-ring (bicyclic) bond motifs is 7. The van der Waals surface area contributed by atoms with Crippen LogP contribution in [0.25, 0.3) is 10.9 Å². The number of hydrogen-bond acceptors (Lipinski definition) is 3. The summed E-state index contributed by atoms with van der Waals surface area (Å²) in [5.74, 6) is -1.35. The predicted molar refractivity (Wildman–Crippen MR) is 150 cm³/mol. The van der Waals surface area contributed by atoms with E-state index < -0.39 is 18.1 Å². The van der Waals surface area contributed by atoms with E-state index in [0.717, 1.165) is 33.3 Å². The fourth-order valence-electron chi connectivity index (χ4n) is 5.99. The van der Waals surface area contributed by atoms with Crippen molar-refractivity contribution in [2.75, 3.05) is 0 Å². The number of aromatic nitrogens is 1. The number of halogens is 1. The standard InChI is InChI=1S/C32H31FN4O3/c1-3-18(2)27(31(39)34-17-19-12-14-20(33)15-13-19)36-30(38)26-16-24-21-8-6-7-11-25(21)35-28(24)29-22-9-4-5-10-23(22)32(40)37(26)29/h4-15,18,26-27,29,35H,3,16-17H2,1-2H3,(H,34,39)(H,36,38)/t18-,26-,27-,29+/m0/s1. The minimum atomic E-state index is -0.791. The molecule has 1 aromatic heterocycles. The van der Waals surface area contributed by atoms with Crippen LogP contribution in [-0.2, 0) is 22.6 Å². The van der Waals surface area contributed by atoms with Crippen LogP contribution in [-0.4, -0.2) is 39.7 Å². The number of carbonyl (C=O) groups excluding carboxylic acids is 3. The van der Waals surface area contributed by atoms with Gasteiger partial charge in [-0.1, -0.05) is 68.8 Å². The molecule has 4 aromatic rings. The van der Waals surface area contributed by atoms with Gasteiger partial charge in [0.25, 0.3) is 5.91 Å². The average molecular weight is 539 g/mol. The summed E-state index contributed by atoms with van der Waals surface area (Å²) in [6.07, 6.45) is 1.01. The molecule has 3 N–H and O–H groups in total. The largest absolute Gasteiger partial charge is 0.356 e. The second-order valence-corrected chi connectivity index (χ2v) is 10.7. The maximum Gasteiger partial charge on any atom is 0.255 e. The molecule has 0 radical (unpaired) electrons. The van der Waals surface area contributed by atoms with Crippen molar-refractivity contribution < 1.29 is 18.8 Å². The van der Waals surface area contributed by atoms with Gasteiger partial charge in [-0.25, -0.2) is 4.39 Å². The Hall–Kier alpha value is -4.46. The number of rotatable bonds is 7. The minimum Gasteiger partial charge on any atom is -0.356 e. The third-order valence-electron chi connectivity index (χ3n) is 8.33. The average Bonchev–Trinajstić information content (AvgIpc) is 3.50. The summed E-state index contributed by atoms with van der Waals surface area (Å²) in [6.45, 7) is 4.10. The van der Waals surface area contributed by atoms with Crippen LogP contribution >= 0.6 is 0 Å². The van der Waals surface area contributed by atoms with Crippen molar-refractivity contribution in [1.82, 2.24) is 20.5 Å². The van der Waals surface area contributed by atoms with E-state index in [2.05, 4.69) is 15.6 Å². The van der Waals surface area contributed by atoms with Crippen LogP contribution < -0.4 is 10.6 Å². The van der Waals surface area contributed by atoms with E-state index in [9.17, 15) is 18.8 Å². The van der Waals surface area contributed by atoms with E-state index in [0.29, 0.717) is 18.4 Å². The second kappa shape index (κ2) is 10.3. The summed E-state index contributed by atoms with van der Waals surface area (Å²) in [6, 6.07) is 19.4. The number of hydrogen-bond donors (Lipinski definition) is 3. The van der Waals surface area contributed by atoms with Crippen molar-refractivity contribution in [3.63, 3.8) is 0 Å². The highest BCUT2D eigenvalue weighted by atomic mass is 19.1. The molecule has 0 unspecified atom stereocenters. The molecule has 204 valence electrons. The Bertz CT molecular complexity index is 1610. The van der Waals surface area contributed by atoms with Crippen molar-refractivity contribution in [1.29, 1.82) is 0 Å². The molecule has 0 aliphatic carbocycles. The molecule has 40 heavy (non-hydrogen) atoms. The highest BCUT2D eigenvalue weighted by Crippen LogP contribution is 2.46. The zero-order valence-corrected chi connectivity index (χ0v) is 22.4. The molecule has 0 fully saturated rings. The summed E-state index contributed by atoms with van der Waals surface area (Å²) in [7, 11) is 0. The maximum absolute atomic E-state index is 14.0. The Balaban J connectivity index is 1.31. The van der Waals surface area contributed by atoms with Gasteiger partial charge in [0.15, 0.2) is 0 Å². The van der Waals surface area contributed by atoms with Gasteiger partial charge >= 0.3 is 0 Å². The zero-order chi connectivity index (χ0) is 28.0. The fourth-order valence-corrected chi connectivity index (χ4v) is 5.99. The first-order valence-electron chi connectivity index (χ1n) is 13.7. The Morgan fingerprint density at radius 3 is 2.55 bits per heavy atom. The molecule has 0 saturated heterocycles. The van der Waals surface area contributed by atoms with Gasteiger partial charge < -0.3 is 20.5 Å². The third kappa shape index (κ3) is 4.33. The van der Waals surface area contributed by atoms with Crippen molar-refractivity contribution in [3.05, 3.63) is 107 Å². The lowest BCUT2D eigenvalue weighted by molar-refractivity contribution is -0.133. The van der Waals surface area contributed by atoms with Crippen molar-refractivity contribution >= 4 is 28.6 Å². The number of carbonyl (C=O) groups is 3. The lowest BCUT2D eigenvalue weighted by Crippen LogP contribution is -2.58. The summed E-state index contributed by atoms with van der Waals surface area (Å²) >= 11 is 0. The number of amides is 3. The number of para-hydroxylation sites is 1. The van der Waals surface area contributed by atoms with Crippen LogP contribution in [0.5, 0.6) is 0 Å². The summed E-state index contributed by atoms with van der Waals surface area (Å²) in [5, 5.41) is 6.91.